The minimum atomic E-state index is -3.44. The van der Waals surface area contributed by atoms with Gasteiger partial charge in [-0.3, -0.25) is 0 Å². The number of aromatic carboxylic acids is 1. The van der Waals surface area contributed by atoms with Crippen molar-refractivity contribution in [1.29, 1.82) is 0 Å². The van der Waals surface area contributed by atoms with Crippen LogP contribution in [0.2, 0.25) is 0 Å². The van der Waals surface area contributed by atoms with Crippen LogP contribution >= 0.6 is 0 Å². The van der Waals surface area contributed by atoms with Gasteiger partial charge in [0.15, 0.2) is 0 Å². The number of carboxylic acid groups (broad SMARTS) is 1. The van der Waals surface area contributed by atoms with Gasteiger partial charge in [-0.1, -0.05) is 42.5 Å². The van der Waals surface area contributed by atoms with E-state index in [0.717, 1.165) is 12.8 Å². The Kier molecular flexibility index (Phi) is 5.20. The normalized spacial score (nSPS) is 18.3. The van der Waals surface area contributed by atoms with Gasteiger partial charge >= 0.3 is 5.97 Å². The van der Waals surface area contributed by atoms with Crippen LogP contribution < -0.4 is 0 Å². The van der Waals surface area contributed by atoms with Crippen LogP contribution in [0.15, 0.2) is 54.6 Å². The van der Waals surface area contributed by atoms with E-state index >= 15 is 0 Å². The number of nitrogens with zero attached hydrogens (tertiary/aromatic N) is 1. The number of hydrogen-bond donors (Lipinski definition) is 1. The van der Waals surface area contributed by atoms with Gasteiger partial charge in [0.1, 0.15) is 0 Å². The van der Waals surface area contributed by atoms with E-state index in [4.69, 9.17) is 5.11 Å². The fourth-order valence-electron chi connectivity index (χ4n) is 3.26. The summed E-state index contributed by atoms with van der Waals surface area (Å²) in [6.07, 6.45) is 1.73. The summed E-state index contributed by atoms with van der Waals surface area (Å²) in [6.45, 7) is 1.05. The van der Waals surface area contributed by atoms with Crippen LogP contribution in [-0.4, -0.2) is 36.9 Å². The van der Waals surface area contributed by atoms with E-state index in [1.54, 1.807) is 12.1 Å². The highest BCUT2D eigenvalue weighted by molar-refractivity contribution is 7.88. The Hall–Kier alpha value is -2.18. The van der Waals surface area contributed by atoms with Crippen molar-refractivity contribution in [2.24, 2.45) is 5.92 Å². The van der Waals surface area contributed by atoms with Crippen molar-refractivity contribution in [1.82, 2.24) is 4.31 Å². The van der Waals surface area contributed by atoms with E-state index in [0.29, 0.717) is 24.6 Å². The highest BCUT2D eigenvalue weighted by atomic mass is 32.2. The summed E-state index contributed by atoms with van der Waals surface area (Å²) in [6, 6.07) is 16.2. The van der Waals surface area contributed by atoms with Gasteiger partial charge in [0.05, 0.1) is 11.3 Å². The third kappa shape index (κ3) is 4.46. The second-order valence-corrected chi connectivity index (χ2v) is 8.43. The minimum absolute atomic E-state index is 0.107. The maximum absolute atomic E-state index is 12.7. The Morgan fingerprint density at radius 2 is 1.80 bits per heavy atom. The molecule has 1 aliphatic rings. The lowest BCUT2D eigenvalue weighted by atomic mass is 9.99. The van der Waals surface area contributed by atoms with Gasteiger partial charge in [-0.2, -0.15) is 0 Å². The molecular weight excluding hydrogens is 338 g/mol. The summed E-state index contributed by atoms with van der Waals surface area (Å²) in [7, 11) is -3.44. The molecule has 0 saturated carbocycles. The molecule has 0 bridgehead atoms. The van der Waals surface area contributed by atoms with Crippen molar-refractivity contribution in [3.63, 3.8) is 0 Å². The number of carboxylic acids is 1. The average Bonchev–Trinajstić information content (AvgIpc) is 3.05. The fourth-order valence-corrected chi connectivity index (χ4v) is 4.86. The largest absolute Gasteiger partial charge is 0.478 e. The molecule has 0 spiro atoms. The van der Waals surface area contributed by atoms with Crippen LogP contribution in [0.5, 0.6) is 0 Å². The molecule has 6 heteroatoms. The molecule has 3 rings (SSSR count). The van der Waals surface area contributed by atoms with E-state index in [1.165, 1.54) is 22.0 Å². The molecule has 1 atom stereocenters. The first kappa shape index (κ1) is 17.6. The Morgan fingerprint density at radius 3 is 2.52 bits per heavy atom. The fraction of sp³-hybridized carbons (Fsp3) is 0.316. The first-order valence-electron chi connectivity index (χ1n) is 8.28. The Bertz CT molecular complexity index is 849. The monoisotopic (exact) mass is 359 g/mol. The molecule has 1 saturated heterocycles. The molecule has 132 valence electrons. The highest BCUT2D eigenvalue weighted by Gasteiger charge is 2.31. The van der Waals surface area contributed by atoms with Crippen molar-refractivity contribution in [3.8, 4) is 0 Å². The van der Waals surface area contributed by atoms with Gasteiger partial charge in [-0.25, -0.2) is 17.5 Å². The average molecular weight is 359 g/mol. The molecule has 1 heterocycles. The molecule has 0 aliphatic carbocycles. The zero-order chi connectivity index (χ0) is 17.9. The SMILES string of the molecule is O=C(O)c1cccc(CS(=O)(=O)N2CCC(Cc3ccccc3)C2)c1. The molecule has 5 nitrogen and oxygen atoms in total. The lowest BCUT2D eigenvalue weighted by molar-refractivity contribution is 0.0696. The van der Waals surface area contributed by atoms with Crippen molar-refractivity contribution in [3.05, 3.63) is 71.3 Å². The molecule has 1 aliphatic heterocycles. The molecular formula is C19H21NO4S. The maximum Gasteiger partial charge on any atom is 0.335 e. The zero-order valence-corrected chi connectivity index (χ0v) is 14.7. The predicted octanol–water partition coefficient (Wildman–Crippen LogP) is 2.78. The number of hydrogen-bond acceptors (Lipinski definition) is 3. The summed E-state index contributed by atoms with van der Waals surface area (Å²) < 4.78 is 26.9. The lowest BCUT2D eigenvalue weighted by Gasteiger charge is -2.17. The van der Waals surface area contributed by atoms with Crippen LogP contribution in [0, 0.1) is 5.92 Å². The molecule has 2 aromatic rings. The first-order chi connectivity index (χ1) is 11.9. The summed E-state index contributed by atoms with van der Waals surface area (Å²) in [5, 5.41) is 9.03. The quantitative estimate of drug-likeness (QED) is 0.861. The van der Waals surface area contributed by atoms with Crippen molar-refractivity contribution < 1.29 is 18.3 Å². The third-order valence-corrected chi connectivity index (χ3v) is 6.35. The summed E-state index contributed by atoms with van der Waals surface area (Å²) in [4.78, 5) is 11.0. The summed E-state index contributed by atoms with van der Waals surface area (Å²) in [5.41, 5.74) is 1.84. The number of carbonyl (C=O) groups is 1. The Labute approximate surface area is 148 Å². The van der Waals surface area contributed by atoms with Crippen molar-refractivity contribution in [2.75, 3.05) is 13.1 Å². The van der Waals surface area contributed by atoms with E-state index in [-0.39, 0.29) is 11.3 Å². The minimum Gasteiger partial charge on any atom is -0.478 e. The second kappa shape index (κ2) is 7.37. The van der Waals surface area contributed by atoms with E-state index in [9.17, 15) is 13.2 Å². The zero-order valence-electron chi connectivity index (χ0n) is 13.8. The number of rotatable bonds is 6. The Morgan fingerprint density at radius 1 is 1.08 bits per heavy atom. The maximum atomic E-state index is 12.7. The Balaban J connectivity index is 1.65. The van der Waals surface area contributed by atoms with Gasteiger partial charge in [0, 0.05) is 13.1 Å². The number of benzene rings is 2. The highest BCUT2D eigenvalue weighted by Crippen LogP contribution is 2.25. The van der Waals surface area contributed by atoms with Gasteiger partial charge in [-0.05, 0) is 42.0 Å². The summed E-state index contributed by atoms with van der Waals surface area (Å²) >= 11 is 0. The van der Waals surface area contributed by atoms with Gasteiger partial charge in [0.2, 0.25) is 10.0 Å². The molecule has 0 amide bonds. The van der Waals surface area contributed by atoms with Crippen molar-refractivity contribution >= 4 is 16.0 Å². The van der Waals surface area contributed by atoms with Crippen LogP contribution in [0.25, 0.3) is 0 Å². The topological polar surface area (TPSA) is 74.7 Å². The van der Waals surface area contributed by atoms with Gasteiger partial charge in [-0.15, -0.1) is 0 Å². The number of sulfonamides is 1. The smallest absolute Gasteiger partial charge is 0.335 e. The van der Waals surface area contributed by atoms with E-state index in [2.05, 4.69) is 12.1 Å². The van der Waals surface area contributed by atoms with Gasteiger partial charge < -0.3 is 5.11 Å². The molecule has 2 aromatic carbocycles. The second-order valence-electron chi connectivity index (χ2n) is 6.46. The third-order valence-electron chi connectivity index (χ3n) is 4.53. The van der Waals surface area contributed by atoms with Crippen LogP contribution in [-0.2, 0) is 22.2 Å². The molecule has 0 radical (unpaired) electrons. The molecule has 1 unspecified atom stereocenters. The molecule has 1 fully saturated rings. The van der Waals surface area contributed by atoms with Crippen LogP contribution in [0.3, 0.4) is 0 Å². The van der Waals surface area contributed by atoms with Gasteiger partial charge in [0.25, 0.3) is 0 Å². The predicted molar refractivity (Wildman–Crippen MR) is 95.9 cm³/mol. The van der Waals surface area contributed by atoms with E-state index < -0.39 is 16.0 Å². The van der Waals surface area contributed by atoms with Crippen LogP contribution in [0.4, 0.5) is 0 Å². The molecule has 25 heavy (non-hydrogen) atoms. The molecule has 1 N–H and O–H groups in total. The van der Waals surface area contributed by atoms with Crippen molar-refractivity contribution in [2.45, 2.75) is 18.6 Å². The lowest BCUT2D eigenvalue weighted by Crippen LogP contribution is -2.30. The standard InChI is InChI=1S/C19H21NO4S/c21-19(22)18-8-4-7-17(12-18)14-25(23,24)20-10-9-16(13-20)11-15-5-2-1-3-6-15/h1-8,12,16H,9-11,13-14H2,(H,21,22). The molecule has 0 aromatic heterocycles. The van der Waals surface area contributed by atoms with Crippen LogP contribution in [0.1, 0.15) is 27.9 Å². The summed E-state index contributed by atoms with van der Waals surface area (Å²) in [5.74, 6) is -0.891. The first-order valence-corrected chi connectivity index (χ1v) is 9.89. The van der Waals surface area contributed by atoms with E-state index in [1.807, 2.05) is 18.2 Å².